The van der Waals surface area contributed by atoms with Crippen LogP contribution in [0.5, 0.6) is 0 Å². The maximum atomic E-state index is 11.6. The molecule has 5 aliphatic carbocycles. The molecule has 0 spiro atoms. The molecule has 10 unspecified atom stereocenters. The number of hydrogen-bond acceptors (Lipinski definition) is 2. The zero-order chi connectivity index (χ0) is 13.7. The highest BCUT2D eigenvalue weighted by atomic mass is 79.9. The van der Waals surface area contributed by atoms with E-state index in [-0.39, 0.29) is 0 Å². The largest absolute Gasteiger partial charge is 0.375 e. The highest BCUT2D eigenvalue weighted by Gasteiger charge is 2.93. The van der Waals surface area contributed by atoms with Crippen molar-refractivity contribution < 1.29 is 5.11 Å². The van der Waals surface area contributed by atoms with Gasteiger partial charge in [-0.3, -0.25) is 4.90 Å². The van der Waals surface area contributed by atoms with Gasteiger partial charge in [0.15, 0.2) is 0 Å². The van der Waals surface area contributed by atoms with Crippen molar-refractivity contribution >= 4 is 15.9 Å². The van der Waals surface area contributed by atoms with E-state index in [1.807, 2.05) is 0 Å². The summed E-state index contributed by atoms with van der Waals surface area (Å²) in [4.78, 5) is 2.55. The van der Waals surface area contributed by atoms with Gasteiger partial charge in [0, 0.05) is 28.9 Å². The molecule has 7 fully saturated rings. The molecular formula is C18H18BrNO. The molecule has 1 aromatic rings. The Bertz CT molecular complexity index is 706. The maximum absolute atomic E-state index is 11.6. The second kappa shape index (κ2) is 3.00. The summed E-state index contributed by atoms with van der Waals surface area (Å²) in [6.07, 6.45) is 1.46. The summed E-state index contributed by atoms with van der Waals surface area (Å²) < 4.78 is 1.15. The first-order valence-electron chi connectivity index (χ1n) is 8.45. The summed E-state index contributed by atoms with van der Waals surface area (Å²) in [7, 11) is 0. The molecule has 21 heavy (non-hydrogen) atoms. The van der Waals surface area contributed by atoms with Gasteiger partial charge in [-0.1, -0.05) is 28.1 Å². The van der Waals surface area contributed by atoms with Crippen LogP contribution >= 0.6 is 15.9 Å². The van der Waals surface area contributed by atoms with Crippen molar-refractivity contribution in [1.82, 2.24) is 4.90 Å². The normalized spacial score (nSPS) is 63.2. The lowest BCUT2D eigenvalue weighted by Gasteiger charge is -2.45. The van der Waals surface area contributed by atoms with E-state index in [1.165, 1.54) is 12.0 Å². The van der Waals surface area contributed by atoms with Crippen molar-refractivity contribution in [3.63, 3.8) is 0 Å². The predicted octanol–water partition coefficient (Wildman–Crippen LogP) is 2.71. The van der Waals surface area contributed by atoms with Crippen molar-refractivity contribution in [2.24, 2.45) is 47.3 Å². The first-order valence-corrected chi connectivity index (χ1v) is 9.24. The minimum absolute atomic E-state index is 0.431. The minimum Gasteiger partial charge on any atom is -0.375 e. The van der Waals surface area contributed by atoms with E-state index in [9.17, 15) is 5.11 Å². The maximum Gasteiger partial charge on any atom is 0.125 e. The summed E-state index contributed by atoms with van der Waals surface area (Å²) in [5.74, 6) is 6.74. The van der Waals surface area contributed by atoms with Gasteiger partial charge in [0.1, 0.15) is 5.72 Å². The first kappa shape index (κ1) is 11.2. The summed E-state index contributed by atoms with van der Waals surface area (Å²) in [5.41, 5.74) is 0.915. The molecule has 7 aliphatic rings. The van der Waals surface area contributed by atoms with Crippen LogP contribution in [0.1, 0.15) is 12.0 Å². The van der Waals surface area contributed by atoms with Gasteiger partial charge in [0.2, 0.25) is 0 Å². The second-order valence-corrected chi connectivity index (χ2v) is 9.37. The van der Waals surface area contributed by atoms with Gasteiger partial charge in [-0.15, -0.1) is 0 Å². The molecule has 2 heterocycles. The number of benzene rings is 1. The molecule has 2 nitrogen and oxygen atoms in total. The fourth-order valence-corrected chi connectivity index (χ4v) is 9.05. The van der Waals surface area contributed by atoms with Gasteiger partial charge in [0.05, 0.1) is 0 Å². The molecular weight excluding hydrogens is 326 g/mol. The number of hydrogen-bond donors (Lipinski definition) is 1. The van der Waals surface area contributed by atoms with Gasteiger partial charge in [-0.25, -0.2) is 0 Å². The minimum atomic E-state index is -0.431. The Hall–Kier alpha value is -0.380. The van der Waals surface area contributed by atoms with Gasteiger partial charge in [0.25, 0.3) is 0 Å². The lowest BCUT2D eigenvalue weighted by atomic mass is 9.59. The van der Waals surface area contributed by atoms with Crippen LogP contribution < -0.4 is 0 Å². The number of aliphatic hydroxyl groups is 1. The van der Waals surface area contributed by atoms with Gasteiger partial charge in [-0.05, 0) is 59.6 Å². The van der Waals surface area contributed by atoms with E-state index in [0.29, 0.717) is 17.9 Å². The molecule has 108 valence electrons. The lowest BCUT2D eigenvalue weighted by molar-refractivity contribution is -0.134. The molecule has 0 amide bonds. The standard InChI is InChI=1S/C18H18BrNO/c19-8-3-1-2-7(4-8)6-20-17-13-9-5-10-12-11(9)14(17)16(12)18(20,21)15(10)13/h1-4,9-17,21H,5-6H2. The van der Waals surface area contributed by atoms with Gasteiger partial charge >= 0.3 is 0 Å². The van der Waals surface area contributed by atoms with Gasteiger partial charge < -0.3 is 5.11 Å². The Balaban J connectivity index is 1.36. The van der Waals surface area contributed by atoms with Crippen molar-refractivity contribution in [1.29, 1.82) is 0 Å². The van der Waals surface area contributed by atoms with E-state index in [4.69, 9.17) is 0 Å². The number of nitrogens with zero attached hydrogens (tertiary/aromatic N) is 1. The fraction of sp³-hybridized carbons (Fsp3) is 0.667. The smallest absolute Gasteiger partial charge is 0.125 e. The van der Waals surface area contributed by atoms with Crippen LogP contribution in [0.25, 0.3) is 0 Å². The molecule has 1 aromatic carbocycles. The molecule has 2 aliphatic heterocycles. The average Bonchev–Trinajstić information content (AvgIpc) is 3.04. The van der Waals surface area contributed by atoms with Crippen molar-refractivity contribution in [2.45, 2.75) is 24.7 Å². The third kappa shape index (κ3) is 0.871. The molecule has 0 aromatic heterocycles. The molecule has 8 rings (SSSR count). The fourth-order valence-electron chi connectivity index (χ4n) is 8.60. The van der Waals surface area contributed by atoms with Gasteiger partial charge in [-0.2, -0.15) is 0 Å². The number of halogens is 1. The van der Waals surface area contributed by atoms with Crippen LogP contribution in [0.15, 0.2) is 28.7 Å². The lowest BCUT2D eigenvalue weighted by Crippen LogP contribution is -2.50. The SMILES string of the molecule is OC12C3C4CC5C6C4C1C6C(C53)N2Cc1cccc(Br)c1. The van der Waals surface area contributed by atoms with Crippen molar-refractivity contribution in [3.05, 3.63) is 34.3 Å². The summed E-state index contributed by atoms with van der Waals surface area (Å²) in [5, 5.41) is 11.6. The molecule has 3 heteroatoms. The van der Waals surface area contributed by atoms with Crippen molar-refractivity contribution in [3.8, 4) is 0 Å². The van der Waals surface area contributed by atoms with Crippen LogP contribution in [-0.2, 0) is 6.54 Å². The molecule has 5 saturated carbocycles. The molecule has 0 radical (unpaired) electrons. The third-order valence-corrected chi connectivity index (χ3v) is 8.95. The highest BCUT2D eigenvalue weighted by Crippen LogP contribution is 2.90. The number of rotatable bonds is 2. The monoisotopic (exact) mass is 343 g/mol. The highest BCUT2D eigenvalue weighted by molar-refractivity contribution is 9.10. The van der Waals surface area contributed by atoms with Crippen LogP contribution in [-0.4, -0.2) is 21.8 Å². The molecule has 2 saturated heterocycles. The van der Waals surface area contributed by atoms with E-state index in [1.54, 1.807) is 0 Å². The Morgan fingerprint density at radius 2 is 2.05 bits per heavy atom. The third-order valence-electron chi connectivity index (χ3n) is 8.45. The van der Waals surface area contributed by atoms with Crippen molar-refractivity contribution in [2.75, 3.05) is 0 Å². The topological polar surface area (TPSA) is 23.5 Å². The predicted molar refractivity (Wildman–Crippen MR) is 81.0 cm³/mol. The molecule has 10 atom stereocenters. The first-order chi connectivity index (χ1) is 10.2. The summed E-state index contributed by atoms with van der Waals surface area (Å²) in [6, 6.07) is 9.35. The van der Waals surface area contributed by atoms with Crippen LogP contribution in [0.4, 0.5) is 0 Å². The summed E-state index contributed by atoms with van der Waals surface area (Å²) in [6.45, 7) is 0.944. The molecule has 4 bridgehead atoms. The second-order valence-electron chi connectivity index (χ2n) is 8.46. The Labute approximate surface area is 132 Å². The zero-order valence-corrected chi connectivity index (χ0v) is 13.3. The summed E-state index contributed by atoms with van der Waals surface area (Å²) >= 11 is 3.58. The van der Waals surface area contributed by atoms with E-state index in [0.717, 1.165) is 46.5 Å². The Morgan fingerprint density at radius 1 is 1.14 bits per heavy atom. The van der Waals surface area contributed by atoms with E-state index < -0.39 is 5.72 Å². The Morgan fingerprint density at radius 3 is 2.90 bits per heavy atom. The van der Waals surface area contributed by atoms with E-state index in [2.05, 4.69) is 45.1 Å². The average molecular weight is 344 g/mol. The van der Waals surface area contributed by atoms with Crippen LogP contribution in [0.2, 0.25) is 0 Å². The Kier molecular flexibility index (Phi) is 1.60. The zero-order valence-electron chi connectivity index (χ0n) is 11.7. The van der Waals surface area contributed by atoms with Crippen LogP contribution in [0, 0.1) is 47.3 Å². The quantitative estimate of drug-likeness (QED) is 0.892. The molecule has 1 N–H and O–H groups in total. The van der Waals surface area contributed by atoms with E-state index >= 15 is 0 Å². The van der Waals surface area contributed by atoms with Crippen LogP contribution in [0.3, 0.4) is 0 Å².